The zero-order valence-corrected chi connectivity index (χ0v) is 13.3. The Bertz CT molecular complexity index is 502. The van der Waals surface area contributed by atoms with E-state index >= 15 is 0 Å². The smallest absolute Gasteiger partial charge is 0.251 e. The fourth-order valence-electron chi connectivity index (χ4n) is 2.67. The van der Waals surface area contributed by atoms with Gasteiger partial charge in [0.05, 0.1) is 6.54 Å². The molecule has 1 heterocycles. The van der Waals surface area contributed by atoms with Crippen LogP contribution in [0.4, 0.5) is 0 Å². The van der Waals surface area contributed by atoms with Gasteiger partial charge in [0.15, 0.2) is 0 Å². The van der Waals surface area contributed by atoms with Gasteiger partial charge in [-0.2, -0.15) is 0 Å². The topological polar surface area (TPSA) is 61.4 Å². The van der Waals surface area contributed by atoms with Crippen molar-refractivity contribution in [2.75, 3.05) is 26.2 Å². The normalized spacial score (nSPS) is 18.4. The molecule has 0 spiro atoms. The van der Waals surface area contributed by atoms with E-state index in [2.05, 4.69) is 29.4 Å². The molecule has 1 aromatic carbocycles. The van der Waals surface area contributed by atoms with Crippen LogP contribution in [-0.4, -0.2) is 48.9 Å². The minimum atomic E-state index is -0.220. The zero-order chi connectivity index (χ0) is 15.9. The molecule has 1 aliphatic heterocycles. The van der Waals surface area contributed by atoms with Crippen molar-refractivity contribution in [3.05, 3.63) is 35.9 Å². The number of hydrogen-bond acceptors (Lipinski definition) is 3. The molecule has 2 amide bonds. The fraction of sp³-hybridized carbons (Fsp3) is 0.529. The highest BCUT2D eigenvalue weighted by molar-refractivity contribution is 5.96. The molecule has 0 saturated carbocycles. The summed E-state index contributed by atoms with van der Waals surface area (Å²) in [6, 6.07) is 9.47. The number of hydrogen-bond donors (Lipinski definition) is 2. The summed E-state index contributed by atoms with van der Waals surface area (Å²) in [6.45, 7) is 7.23. The summed E-state index contributed by atoms with van der Waals surface area (Å²) in [7, 11) is 0. The monoisotopic (exact) mass is 303 g/mol. The van der Waals surface area contributed by atoms with Gasteiger partial charge in [0, 0.05) is 24.7 Å². The van der Waals surface area contributed by atoms with Crippen molar-refractivity contribution in [3.63, 3.8) is 0 Å². The molecule has 0 radical (unpaired) electrons. The Hall–Kier alpha value is -1.88. The molecule has 1 atom stereocenters. The highest BCUT2D eigenvalue weighted by Gasteiger charge is 2.24. The molecule has 0 bridgehead atoms. The van der Waals surface area contributed by atoms with E-state index < -0.39 is 0 Å². The van der Waals surface area contributed by atoms with Crippen molar-refractivity contribution in [1.82, 2.24) is 15.5 Å². The molecule has 120 valence electrons. The van der Waals surface area contributed by atoms with Crippen molar-refractivity contribution < 1.29 is 9.59 Å². The lowest BCUT2D eigenvalue weighted by Crippen LogP contribution is -2.39. The Morgan fingerprint density at radius 2 is 1.95 bits per heavy atom. The first kappa shape index (κ1) is 16.5. The third-order valence-corrected chi connectivity index (χ3v) is 4.08. The summed E-state index contributed by atoms with van der Waals surface area (Å²) in [6.07, 6.45) is 1.12. The van der Waals surface area contributed by atoms with Crippen LogP contribution in [0.1, 0.15) is 30.6 Å². The molecule has 1 saturated heterocycles. The van der Waals surface area contributed by atoms with E-state index in [4.69, 9.17) is 0 Å². The molecule has 22 heavy (non-hydrogen) atoms. The Balaban J connectivity index is 1.65. The predicted octanol–water partition coefficient (Wildman–Crippen LogP) is 1.26. The van der Waals surface area contributed by atoms with Crippen LogP contribution >= 0.6 is 0 Å². The van der Waals surface area contributed by atoms with E-state index in [1.165, 1.54) is 0 Å². The van der Waals surface area contributed by atoms with Gasteiger partial charge in [-0.05, 0) is 44.9 Å². The lowest BCUT2D eigenvalue weighted by Gasteiger charge is -2.20. The third kappa shape index (κ3) is 4.84. The van der Waals surface area contributed by atoms with E-state index in [1.807, 2.05) is 6.07 Å². The van der Waals surface area contributed by atoms with Crippen molar-refractivity contribution in [2.45, 2.75) is 26.3 Å². The van der Waals surface area contributed by atoms with E-state index in [0.29, 0.717) is 24.1 Å². The largest absolute Gasteiger partial charge is 0.354 e. The maximum Gasteiger partial charge on any atom is 0.251 e. The molecule has 5 heteroatoms. The lowest BCUT2D eigenvalue weighted by molar-refractivity contribution is -0.120. The average Bonchev–Trinajstić information content (AvgIpc) is 3.00. The van der Waals surface area contributed by atoms with E-state index in [1.54, 1.807) is 24.3 Å². The third-order valence-electron chi connectivity index (χ3n) is 4.08. The van der Waals surface area contributed by atoms with Crippen molar-refractivity contribution in [1.29, 1.82) is 0 Å². The summed E-state index contributed by atoms with van der Waals surface area (Å²) in [4.78, 5) is 26.1. The van der Waals surface area contributed by atoms with Crippen LogP contribution in [0.5, 0.6) is 0 Å². The van der Waals surface area contributed by atoms with Gasteiger partial charge in [0.2, 0.25) is 5.91 Å². The minimum Gasteiger partial charge on any atom is -0.354 e. The number of rotatable bonds is 6. The summed E-state index contributed by atoms with van der Waals surface area (Å²) >= 11 is 0. The van der Waals surface area contributed by atoms with Crippen molar-refractivity contribution in [2.24, 2.45) is 5.92 Å². The van der Waals surface area contributed by atoms with Crippen LogP contribution in [-0.2, 0) is 4.79 Å². The highest BCUT2D eigenvalue weighted by Crippen LogP contribution is 2.17. The van der Waals surface area contributed by atoms with Crippen molar-refractivity contribution in [3.8, 4) is 0 Å². The number of nitrogens with zero attached hydrogens (tertiary/aromatic N) is 1. The molecule has 0 unspecified atom stereocenters. The van der Waals surface area contributed by atoms with Gasteiger partial charge in [-0.1, -0.05) is 18.2 Å². The van der Waals surface area contributed by atoms with Gasteiger partial charge < -0.3 is 15.5 Å². The molecule has 0 aliphatic carbocycles. The zero-order valence-electron chi connectivity index (χ0n) is 13.3. The molecule has 2 rings (SSSR count). The Labute approximate surface area is 132 Å². The predicted molar refractivity (Wildman–Crippen MR) is 86.6 cm³/mol. The molecular formula is C17H25N3O2. The number of benzene rings is 1. The SMILES string of the molecule is CC(C)N1CC[C@@H](CNC(=O)CNC(=O)c2ccccc2)C1. The maximum atomic E-state index is 11.8. The number of carbonyl (C=O) groups excluding carboxylic acids is 2. The Kier molecular flexibility index (Phi) is 5.95. The second-order valence-electron chi connectivity index (χ2n) is 6.10. The molecule has 0 aromatic heterocycles. The fourth-order valence-corrected chi connectivity index (χ4v) is 2.67. The number of carbonyl (C=O) groups is 2. The van der Waals surface area contributed by atoms with Crippen molar-refractivity contribution >= 4 is 11.8 Å². The van der Waals surface area contributed by atoms with E-state index in [0.717, 1.165) is 19.5 Å². The average molecular weight is 303 g/mol. The van der Waals surface area contributed by atoms with Gasteiger partial charge in [-0.3, -0.25) is 9.59 Å². The first-order valence-electron chi connectivity index (χ1n) is 7.90. The first-order valence-corrected chi connectivity index (χ1v) is 7.90. The first-order chi connectivity index (χ1) is 10.6. The van der Waals surface area contributed by atoms with Gasteiger partial charge in [-0.15, -0.1) is 0 Å². The second-order valence-corrected chi connectivity index (χ2v) is 6.10. The van der Waals surface area contributed by atoms with Crippen LogP contribution in [0.25, 0.3) is 0 Å². The Morgan fingerprint density at radius 1 is 1.23 bits per heavy atom. The highest BCUT2D eigenvalue weighted by atomic mass is 16.2. The molecule has 2 N–H and O–H groups in total. The van der Waals surface area contributed by atoms with Crippen LogP contribution in [0, 0.1) is 5.92 Å². The van der Waals surface area contributed by atoms with Crippen LogP contribution in [0.2, 0.25) is 0 Å². The van der Waals surface area contributed by atoms with E-state index in [9.17, 15) is 9.59 Å². The standard InChI is InChI=1S/C17H25N3O2/c1-13(2)20-9-8-14(12-20)10-18-16(21)11-19-17(22)15-6-4-3-5-7-15/h3-7,13-14H,8-12H2,1-2H3,(H,18,21)(H,19,22)/t14-/m0/s1. The van der Waals surface area contributed by atoms with Gasteiger partial charge in [-0.25, -0.2) is 0 Å². The molecule has 1 fully saturated rings. The molecule has 1 aliphatic rings. The number of amides is 2. The Morgan fingerprint density at radius 3 is 2.59 bits per heavy atom. The van der Waals surface area contributed by atoms with E-state index in [-0.39, 0.29) is 18.4 Å². The van der Waals surface area contributed by atoms with Crippen LogP contribution in [0.3, 0.4) is 0 Å². The lowest BCUT2D eigenvalue weighted by atomic mass is 10.1. The summed E-state index contributed by atoms with van der Waals surface area (Å²) in [5.74, 6) is 0.158. The van der Waals surface area contributed by atoms with Crippen LogP contribution in [0.15, 0.2) is 30.3 Å². The molecular weight excluding hydrogens is 278 g/mol. The minimum absolute atomic E-state index is 0.0222. The summed E-state index contributed by atoms with van der Waals surface area (Å²) in [5, 5.41) is 5.55. The molecule has 1 aromatic rings. The number of likely N-dealkylation sites (tertiary alicyclic amines) is 1. The van der Waals surface area contributed by atoms with Crippen LogP contribution < -0.4 is 10.6 Å². The second kappa shape index (κ2) is 7.94. The summed E-state index contributed by atoms with van der Waals surface area (Å²) in [5.41, 5.74) is 0.568. The van der Waals surface area contributed by atoms with Gasteiger partial charge in [0.1, 0.15) is 0 Å². The van der Waals surface area contributed by atoms with Gasteiger partial charge >= 0.3 is 0 Å². The number of nitrogens with one attached hydrogen (secondary N) is 2. The maximum absolute atomic E-state index is 11.8. The summed E-state index contributed by atoms with van der Waals surface area (Å²) < 4.78 is 0. The molecule has 5 nitrogen and oxygen atoms in total. The quantitative estimate of drug-likeness (QED) is 0.832. The van der Waals surface area contributed by atoms with Gasteiger partial charge in [0.25, 0.3) is 5.91 Å².